The summed E-state index contributed by atoms with van der Waals surface area (Å²) in [6, 6.07) is 11.8. The number of methoxy groups -OCH3 is 2. The predicted octanol–water partition coefficient (Wildman–Crippen LogP) is 1.69. The number of hydrazine groups is 1. The maximum atomic E-state index is 12.6. The summed E-state index contributed by atoms with van der Waals surface area (Å²) in [6.07, 6.45) is -0.139. The van der Waals surface area contributed by atoms with Crippen molar-refractivity contribution in [2.24, 2.45) is 5.92 Å². The molecule has 0 saturated carbocycles. The molecular formula is C23H25N3O7. The standard InChI is InChI=1S/C23H25N3O7/c1-14-5-4-6-17(7-14)24-20(27)13-33-23(30)16-10-21(28)26(12-16)25-22(29)15-8-18(31-2)11-19(9-15)32-3/h4-9,11,16H,10,12-13H2,1-3H3,(H,24,27)(H,25,29)/t16-/m1/s1. The van der Waals surface area contributed by atoms with E-state index in [4.69, 9.17) is 14.2 Å². The van der Waals surface area contributed by atoms with Crippen LogP contribution in [0.4, 0.5) is 5.69 Å². The Balaban J connectivity index is 1.52. The van der Waals surface area contributed by atoms with Gasteiger partial charge in [-0.2, -0.15) is 0 Å². The first kappa shape index (κ1) is 23.6. The van der Waals surface area contributed by atoms with E-state index in [2.05, 4.69) is 10.7 Å². The molecule has 1 saturated heterocycles. The van der Waals surface area contributed by atoms with Crippen LogP contribution in [0.1, 0.15) is 22.3 Å². The van der Waals surface area contributed by atoms with E-state index >= 15 is 0 Å². The summed E-state index contributed by atoms with van der Waals surface area (Å²) >= 11 is 0. The smallest absolute Gasteiger partial charge is 0.311 e. The minimum atomic E-state index is -0.801. The van der Waals surface area contributed by atoms with Gasteiger partial charge in [-0.1, -0.05) is 12.1 Å². The second-order valence-electron chi connectivity index (χ2n) is 7.47. The Hall–Kier alpha value is -4.08. The fourth-order valence-electron chi connectivity index (χ4n) is 3.27. The SMILES string of the molecule is COc1cc(OC)cc(C(=O)NN2C[C@H](C(=O)OCC(=O)Nc3cccc(C)c3)CC2=O)c1. The average molecular weight is 455 g/mol. The van der Waals surface area contributed by atoms with Crippen molar-refractivity contribution in [2.75, 3.05) is 32.7 Å². The van der Waals surface area contributed by atoms with Crippen molar-refractivity contribution in [3.05, 3.63) is 53.6 Å². The Labute approximate surface area is 190 Å². The first-order valence-corrected chi connectivity index (χ1v) is 10.2. The number of nitrogens with one attached hydrogen (secondary N) is 2. The number of ether oxygens (including phenoxy) is 3. The van der Waals surface area contributed by atoms with Crippen LogP contribution < -0.4 is 20.2 Å². The number of rotatable bonds is 8. The van der Waals surface area contributed by atoms with Crippen LogP contribution >= 0.6 is 0 Å². The number of esters is 1. The molecule has 174 valence electrons. The van der Waals surface area contributed by atoms with E-state index in [1.54, 1.807) is 24.3 Å². The lowest BCUT2D eigenvalue weighted by Crippen LogP contribution is -2.43. The van der Waals surface area contributed by atoms with Crippen LogP contribution in [0.2, 0.25) is 0 Å². The zero-order valence-corrected chi connectivity index (χ0v) is 18.5. The molecule has 10 heteroatoms. The molecule has 3 rings (SSSR count). The predicted molar refractivity (Wildman–Crippen MR) is 118 cm³/mol. The lowest BCUT2D eigenvalue weighted by atomic mass is 10.1. The normalized spacial score (nSPS) is 15.1. The molecule has 33 heavy (non-hydrogen) atoms. The largest absolute Gasteiger partial charge is 0.497 e. The lowest BCUT2D eigenvalue weighted by Gasteiger charge is -2.18. The summed E-state index contributed by atoms with van der Waals surface area (Å²) in [5.41, 5.74) is 4.27. The highest BCUT2D eigenvalue weighted by Crippen LogP contribution is 2.23. The Morgan fingerprint density at radius 3 is 2.39 bits per heavy atom. The molecule has 1 heterocycles. The molecule has 3 amide bonds. The van der Waals surface area contributed by atoms with Crippen molar-refractivity contribution in [1.82, 2.24) is 10.4 Å². The molecule has 2 aromatic carbocycles. The van der Waals surface area contributed by atoms with Crippen LogP contribution in [0.25, 0.3) is 0 Å². The molecule has 1 atom stereocenters. The highest BCUT2D eigenvalue weighted by atomic mass is 16.5. The first-order chi connectivity index (χ1) is 15.8. The van der Waals surface area contributed by atoms with Crippen molar-refractivity contribution < 1.29 is 33.4 Å². The number of carbonyl (C=O) groups is 4. The van der Waals surface area contributed by atoms with E-state index in [1.165, 1.54) is 26.4 Å². The second kappa shape index (κ2) is 10.5. The summed E-state index contributed by atoms with van der Waals surface area (Å²) in [7, 11) is 2.91. The number of carbonyl (C=O) groups excluding carboxylic acids is 4. The van der Waals surface area contributed by atoms with E-state index in [0.29, 0.717) is 17.2 Å². The van der Waals surface area contributed by atoms with E-state index in [1.807, 2.05) is 13.0 Å². The summed E-state index contributed by atoms with van der Waals surface area (Å²) < 4.78 is 15.3. The number of hydrogen-bond acceptors (Lipinski definition) is 7. The number of hydrogen-bond donors (Lipinski definition) is 2. The molecule has 10 nitrogen and oxygen atoms in total. The van der Waals surface area contributed by atoms with Gasteiger partial charge in [0.05, 0.1) is 26.7 Å². The van der Waals surface area contributed by atoms with E-state index in [9.17, 15) is 19.2 Å². The van der Waals surface area contributed by atoms with Gasteiger partial charge in [-0.05, 0) is 36.8 Å². The molecule has 0 bridgehead atoms. The highest BCUT2D eigenvalue weighted by Gasteiger charge is 2.36. The molecule has 0 spiro atoms. The third-order valence-electron chi connectivity index (χ3n) is 4.96. The molecule has 0 radical (unpaired) electrons. The molecule has 1 aliphatic heterocycles. The minimum Gasteiger partial charge on any atom is -0.497 e. The quantitative estimate of drug-likeness (QED) is 0.581. The van der Waals surface area contributed by atoms with Crippen LogP contribution in [0.5, 0.6) is 11.5 Å². The number of nitrogens with zero attached hydrogens (tertiary/aromatic N) is 1. The average Bonchev–Trinajstić information content (AvgIpc) is 3.17. The van der Waals surface area contributed by atoms with E-state index in [-0.39, 0.29) is 18.5 Å². The summed E-state index contributed by atoms with van der Waals surface area (Å²) in [4.78, 5) is 49.3. The molecule has 0 aromatic heterocycles. The number of amides is 3. The Morgan fingerprint density at radius 1 is 1.06 bits per heavy atom. The van der Waals surface area contributed by atoms with Crippen molar-refractivity contribution in [2.45, 2.75) is 13.3 Å². The molecule has 2 aromatic rings. The van der Waals surface area contributed by atoms with Crippen LogP contribution in [-0.2, 0) is 19.1 Å². The zero-order chi connectivity index (χ0) is 24.0. The van der Waals surface area contributed by atoms with Gasteiger partial charge in [0.25, 0.3) is 11.8 Å². The number of aryl methyl sites for hydroxylation is 1. The van der Waals surface area contributed by atoms with Crippen molar-refractivity contribution in [3.63, 3.8) is 0 Å². The zero-order valence-electron chi connectivity index (χ0n) is 18.5. The molecule has 1 aliphatic rings. The Kier molecular flexibility index (Phi) is 7.50. The number of anilines is 1. The van der Waals surface area contributed by atoms with Crippen LogP contribution in [-0.4, -0.2) is 56.1 Å². The van der Waals surface area contributed by atoms with Gasteiger partial charge >= 0.3 is 5.97 Å². The van der Waals surface area contributed by atoms with Gasteiger partial charge in [0.2, 0.25) is 5.91 Å². The molecule has 1 fully saturated rings. The van der Waals surface area contributed by atoms with Crippen LogP contribution in [0, 0.1) is 12.8 Å². The third-order valence-corrected chi connectivity index (χ3v) is 4.96. The maximum absolute atomic E-state index is 12.6. The second-order valence-corrected chi connectivity index (χ2v) is 7.47. The van der Waals surface area contributed by atoms with Gasteiger partial charge in [0.1, 0.15) is 11.5 Å². The van der Waals surface area contributed by atoms with Crippen molar-refractivity contribution in [3.8, 4) is 11.5 Å². The van der Waals surface area contributed by atoms with E-state index < -0.39 is 36.2 Å². The van der Waals surface area contributed by atoms with Gasteiger partial charge in [-0.15, -0.1) is 0 Å². The summed E-state index contributed by atoms with van der Waals surface area (Å²) in [5, 5.41) is 3.70. The van der Waals surface area contributed by atoms with Gasteiger partial charge in [0, 0.05) is 23.7 Å². The van der Waals surface area contributed by atoms with Gasteiger partial charge in [-0.25, -0.2) is 0 Å². The monoisotopic (exact) mass is 455 g/mol. The fraction of sp³-hybridized carbons (Fsp3) is 0.304. The van der Waals surface area contributed by atoms with Gasteiger partial charge in [0.15, 0.2) is 6.61 Å². The van der Waals surface area contributed by atoms with Gasteiger partial charge < -0.3 is 19.5 Å². The Bertz CT molecular complexity index is 1050. The lowest BCUT2D eigenvalue weighted by molar-refractivity contribution is -0.151. The van der Waals surface area contributed by atoms with E-state index in [0.717, 1.165) is 10.6 Å². The van der Waals surface area contributed by atoms with Crippen LogP contribution in [0.15, 0.2) is 42.5 Å². The fourth-order valence-corrected chi connectivity index (χ4v) is 3.27. The van der Waals surface area contributed by atoms with Crippen LogP contribution in [0.3, 0.4) is 0 Å². The molecular weight excluding hydrogens is 430 g/mol. The first-order valence-electron chi connectivity index (χ1n) is 10.2. The summed E-state index contributed by atoms with van der Waals surface area (Å²) in [5.74, 6) is -2.16. The third kappa shape index (κ3) is 6.22. The van der Waals surface area contributed by atoms with Crippen molar-refractivity contribution in [1.29, 1.82) is 0 Å². The van der Waals surface area contributed by atoms with Gasteiger partial charge in [-0.3, -0.25) is 29.6 Å². The van der Waals surface area contributed by atoms with Crippen molar-refractivity contribution >= 4 is 29.4 Å². The summed E-state index contributed by atoms with van der Waals surface area (Å²) in [6.45, 7) is 1.35. The Morgan fingerprint density at radius 2 is 1.76 bits per heavy atom. The molecule has 0 unspecified atom stereocenters. The molecule has 0 aliphatic carbocycles. The molecule has 2 N–H and O–H groups in total. The minimum absolute atomic E-state index is 0.0655. The topological polar surface area (TPSA) is 123 Å². The maximum Gasteiger partial charge on any atom is 0.311 e. The number of benzene rings is 2. The highest BCUT2D eigenvalue weighted by molar-refractivity contribution is 5.97.